The molecule has 2 aromatic rings. The molecule has 2 aliphatic rings. The van der Waals surface area contributed by atoms with Crippen LogP contribution in [0.4, 0.5) is 0 Å². The Balaban J connectivity index is 1.40. The van der Waals surface area contributed by atoms with Gasteiger partial charge in [-0.3, -0.25) is 4.79 Å². The van der Waals surface area contributed by atoms with E-state index in [9.17, 15) is 4.79 Å². The minimum Gasteiger partial charge on any atom is -0.348 e. The summed E-state index contributed by atoms with van der Waals surface area (Å²) in [6.07, 6.45) is 5.16. The van der Waals surface area contributed by atoms with E-state index in [0.29, 0.717) is 22.7 Å². The summed E-state index contributed by atoms with van der Waals surface area (Å²) in [6.45, 7) is 0. The number of benzene rings is 1. The van der Waals surface area contributed by atoms with E-state index in [0.717, 1.165) is 22.8 Å². The second-order valence-electron chi connectivity index (χ2n) is 6.28. The third kappa shape index (κ3) is 3.29. The van der Waals surface area contributed by atoms with Crippen LogP contribution in [-0.2, 0) is 0 Å². The highest BCUT2D eigenvalue weighted by molar-refractivity contribution is 7.99. The first-order chi connectivity index (χ1) is 11.7. The van der Waals surface area contributed by atoms with Gasteiger partial charge < -0.3 is 10.6 Å². The Hall–Kier alpha value is -1.56. The summed E-state index contributed by atoms with van der Waals surface area (Å²) < 4.78 is 0. The van der Waals surface area contributed by atoms with E-state index in [2.05, 4.69) is 15.6 Å². The second-order valence-corrected chi connectivity index (χ2v) is 7.75. The molecule has 2 N–H and O–H groups in total. The zero-order valence-electron chi connectivity index (χ0n) is 13.0. The van der Waals surface area contributed by atoms with E-state index in [-0.39, 0.29) is 11.9 Å². The lowest BCUT2D eigenvalue weighted by molar-refractivity contribution is 0.0931. The lowest BCUT2D eigenvalue weighted by Crippen LogP contribution is -2.42. The molecule has 24 heavy (non-hydrogen) atoms. The first-order valence-corrected chi connectivity index (χ1v) is 9.34. The van der Waals surface area contributed by atoms with Crippen LogP contribution >= 0.6 is 23.4 Å². The van der Waals surface area contributed by atoms with Crippen LogP contribution in [0.15, 0.2) is 52.5 Å². The van der Waals surface area contributed by atoms with Crippen molar-refractivity contribution in [1.29, 1.82) is 0 Å². The first-order valence-electron chi connectivity index (χ1n) is 8.14. The van der Waals surface area contributed by atoms with Gasteiger partial charge in [-0.2, -0.15) is 0 Å². The third-order valence-corrected chi connectivity index (χ3v) is 6.12. The van der Waals surface area contributed by atoms with Crippen LogP contribution in [0.1, 0.15) is 29.6 Å². The summed E-state index contributed by atoms with van der Waals surface area (Å²) in [5, 5.41) is 8.10. The standard InChI is InChI=1S/C18H18ClN3OS/c19-14-2-1-9-20-18(14)24-13-6-3-11(4-7-13)17(23)22-16-10-12-5-8-15(16)21-12/h1-4,6-7,9,12,15-16,21H,5,8,10H2,(H,22,23). The topological polar surface area (TPSA) is 54.0 Å². The van der Waals surface area contributed by atoms with Gasteiger partial charge in [0.05, 0.1) is 5.02 Å². The molecule has 1 amide bonds. The molecule has 3 heterocycles. The van der Waals surface area contributed by atoms with Crippen molar-refractivity contribution in [2.24, 2.45) is 0 Å². The Kier molecular flexibility index (Phi) is 4.48. The van der Waals surface area contributed by atoms with Crippen molar-refractivity contribution in [3.63, 3.8) is 0 Å². The number of pyridine rings is 1. The summed E-state index contributed by atoms with van der Waals surface area (Å²) in [5.74, 6) is 0.00164. The summed E-state index contributed by atoms with van der Waals surface area (Å²) in [5.41, 5.74) is 0.689. The van der Waals surface area contributed by atoms with E-state index in [1.807, 2.05) is 36.4 Å². The summed E-state index contributed by atoms with van der Waals surface area (Å²) in [7, 11) is 0. The van der Waals surface area contributed by atoms with Crippen molar-refractivity contribution >= 4 is 29.3 Å². The largest absolute Gasteiger partial charge is 0.348 e. The van der Waals surface area contributed by atoms with Gasteiger partial charge in [-0.05, 0) is 55.7 Å². The fraction of sp³-hybridized carbons (Fsp3) is 0.333. The molecule has 3 atom stereocenters. The van der Waals surface area contributed by atoms with Crippen LogP contribution in [0.5, 0.6) is 0 Å². The van der Waals surface area contributed by atoms with Crippen molar-refractivity contribution < 1.29 is 4.79 Å². The lowest BCUT2D eigenvalue weighted by atomic mass is 9.95. The predicted molar refractivity (Wildman–Crippen MR) is 95.6 cm³/mol. The minimum atomic E-state index is 0.00164. The number of nitrogens with one attached hydrogen (secondary N) is 2. The molecule has 2 fully saturated rings. The van der Waals surface area contributed by atoms with Gasteiger partial charge >= 0.3 is 0 Å². The van der Waals surface area contributed by atoms with Gasteiger partial charge in [0.15, 0.2) is 0 Å². The maximum absolute atomic E-state index is 12.4. The highest BCUT2D eigenvalue weighted by Gasteiger charge is 2.39. The maximum atomic E-state index is 12.4. The predicted octanol–water partition coefficient (Wildman–Crippen LogP) is 3.51. The van der Waals surface area contributed by atoms with Crippen molar-refractivity contribution in [3.8, 4) is 0 Å². The van der Waals surface area contributed by atoms with E-state index in [1.165, 1.54) is 18.2 Å². The Morgan fingerprint density at radius 3 is 2.75 bits per heavy atom. The second kappa shape index (κ2) is 6.75. The van der Waals surface area contributed by atoms with Gasteiger partial charge in [-0.1, -0.05) is 23.4 Å². The molecule has 4 nitrogen and oxygen atoms in total. The molecule has 2 aliphatic heterocycles. The molecular formula is C18H18ClN3OS. The monoisotopic (exact) mass is 359 g/mol. The van der Waals surface area contributed by atoms with Crippen LogP contribution in [0.3, 0.4) is 0 Å². The van der Waals surface area contributed by atoms with Gasteiger partial charge in [0, 0.05) is 34.8 Å². The number of halogens is 1. The molecule has 2 saturated heterocycles. The van der Waals surface area contributed by atoms with Crippen molar-refractivity contribution in [3.05, 3.63) is 53.2 Å². The lowest BCUT2D eigenvalue weighted by Gasteiger charge is -2.21. The molecule has 0 spiro atoms. The Morgan fingerprint density at radius 1 is 1.25 bits per heavy atom. The van der Waals surface area contributed by atoms with E-state index in [1.54, 1.807) is 6.20 Å². The average Bonchev–Trinajstić information content (AvgIpc) is 3.20. The summed E-state index contributed by atoms with van der Waals surface area (Å²) >= 11 is 7.62. The molecule has 0 radical (unpaired) electrons. The molecule has 2 bridgehead atoms. The van der Waals surface area contributed by atoms with Gasteiger partial charge in [0.2, 0.25) is 0 Å². The highest BCUT2D eigenvalue weighted by Crippen LogP contribution is 2.31. The van der Waals surface area contributed by atoms with Gasteiger partial charge in [-0.25, -0.2) is 4.98 Å². The zero-order chi connectivity index (χ0) is 16.5. The first kappa shape index (κ1) is 15.9. The zero-order valence-corrected chi connectivity index (χ0v) is 14.6. The van der Waals surface area contributed by atoms with Crippen LogP contribution in [-0.4, -0.2) is 29.0 Å². The van der Waals surface area contributed by atoms with Crippen molar-refractivity contribution in [2.45, 2.75) is 47.3 Å². The van der Waals surface area contributed by atoms with Gasteiger partial charge in [0.1, 0.15) is 5.03 Å². The Bertz CT molecular complexity index is 752. The van der Waals surface area contributed by atoms with Crippen molar-refractivity contribution in [1.82, 2.24) is 15.6 Å². The van der Waals surface area contributed by atoms with Crippen LogP contribution in [0, 0.1) is 0 Å². The number of fused-ring (bicyclic) bond motifs is 2. The summed E-state index contributed by atoms with van der Waals surface area (Å²) in [4.78, 5) is 17.7. The molecule has 0 saturated carbocycles. The number of carbonyl (C=O) groups is 1. The number of nitrogens with zero attached hydrogens (tertiary/aromatic N) is 1. The molecule has 6 heteroatoms. The Morgan fingerprint density at radius 2 is 2.08 bits per heavy atom. The quantitative estimate of drug-likeness (QED) is 0.877. The molecule has 3 unspecified atom stereocenters. The minimum absolute atomic E-state index is 0.00164. The smallest absolute Gasteiger partial charge is 0.251 e. The normalized spacial score (nSPS) is 25.0. The molecule has 0 aliphatic carbocycles. The van der Waals surface area contributed by atoms with E-state index < -0.39 is 0 Å². The van der Waals surface area contributed by atoms with Crippen LogP contribution < -0.4 is 10.6 Å². The Labute approximate surface area is 150 Å². The van der Waals surface area contributed by atoms with Gasteiger partial charge in [-0.15, -0.1) is 0 Å². The fourth-order valence-electron chi connectivity index (χ4n) is 3.47. The number of rotatable bonds is 4. The highest BCUT2D eigenvalue weighted by atomic mass is 35.5. The number of aromatic nitrogens is 1. The number of amides is 1. The number of hydrogen-bond donors (Lipinski definition) is 2. The summed E-state index contributed by atoms with van der Waals surface area (Å²) in [6, 6.07) is 12.5. The molecule has 124 valence electrons. The number of carbonyl (C=O) groups excluding carboxylic acids is 1. The number of hydrogen-bond acceptors (Lipinski definition) is 4. The molecule has 1 aromatic heterocycles. The van der Waals surface area contributed by atoms with Crippen LogP contribution in [0.2, 0.25) is 5.02 Å². The SMILES string of the molecule is O=C(NC1CC2CCC1N2)c1ccc(Sc2ncccc2Cl)cc1. The molecule has 1 aromatic carbocycles. The van der Waals surface area contributed by atoms with Crippen LogP contribution in [0.25, 0.3) is 0 Å². The van der Waals surface area contributed by atoms with E-state index in [4.69, 9.17) is 11.6 Å². The average molecular weight is 360 g/mol. The maximum Gasteiger partial charge on any atom is 0.251 e. The third-order valence-electron chi connectivity index (χ3n) is 4.67. The molecular weight excluding hydrogens is 342 g/mol. The fourth-order valence-corrected chi connectivity index (χ4v) is 4.48. The van der Waals surface area contributed by atoms with Crippen molar-refractivity contribution in [2.75, 3.05) is 0 Å². The van der Waals surface area contributed by atoms with E-state index >= 15 is 0 Å². The molecule has 4 rings (SSSR count). The van der Waals surface area contributed by atoms with Gasteiger partial charge in [0.25, 0.3) is 5.91 Å².